The van der Waals surface area contributed by atoms with Crippen molar-refractivity contribution in [1.82, 2.24) is 4.98 Å². The molecule has 0 fully saturated rings. The van der Waals surface area contributed by atoms with Crippen molar-refractivity contribution in [1.29, 1.82) is 0 Å². The minimum atomic E-state index is 0.519. The number of aryl methyl sites for hydroxylation is 1. The summed E-state index contributed by atoms with van der Waals surface area (Å²) in [6.07, 6.45) is 0.937. The molecule has 2 heteroatoms. The number of nitrogens with two attached hydrogens (primary N) is 1. The van der Waals surface area contributed by atoms with Crippen LogP contribution in [0.3, 0.4) is 0 Å². The lowest BCUT2D eigenvalue weighted by atomic mass is 9.98. The zero-order valence-corrected chi connectivity index (χ0v) is 11.0. The van der Waals surface area contributed by atoms with Gasteiger partial charge in [-0.15, -0.1) is 0 Å². The monoisotopic (exact) mass is 228 g/mol. The van der Waals surface area contributed by atoms with Gasteiger partial charge in [0, 0.05) is 16.8 Å². The van der Waals surface area contributed by atoms with Gasteiger partial charge in [-0.3, -0.25) is 4.98 Å². The molecule has 2 rings (SSSR count). The highest BCUT2D eigenvalue weighted by Gasteiger charge is 2.10. The van der Waals surface area contributed by atoms with Crippen LogP contribution in [0.5, 0.6) is 0 Å². The van der Waals surface area contributed by atoms with Crippen LogP contribution in [0.2, 0.25) is 0 Å². The first-order valence-corrected chi connectivity index (χ1v) is 6.23. The molecule has 1 aromatic carbocycles. The van der Waals surface area contributed by atoms with Crippen LogP contribution in [0.4, 0.5) is 5.69 Å². The summed E-state index contributed by atoms with van der Waals surface area (Å²) in [7, 11) is 0. The molecule has 0 aliphatic heterocycles. The highest BCUT2D eigenvalue weighted by atomic mass is 14.7. The Kier molecular flexibility index (Phi) is 3.05. The molecule has 90 valence electrons. The third kappa shape index (κ3) is 1.99. The van der Waals surface area contributed by atoms with Gasteiger partial charge >= 0.3 is 0 Å². The number of rotatable bonds is 2. The van der Waals surface area contributed by atoms with E-state index in [0.29, 0.717) is 5.92 Å². The Balaban J connectivity index is 2.76. The van der Waals surface area contributed by atoms with E-state index in [1.54, 1.807) is 0 Å². The summed E-state index contributed by atoms with van der Waals surface area (Å²) in [5.74, 6) is 0.519. The van der Waals surface area contributed by atoms with E-state index in [4.69, 9.17) is 5.73 Å². The third-order valence-corrected chi connectivity index (χ3v) is 3.38. The van der Waals surface area contributed by atoms with E-state index in [2.05, 4.69) is 44.0 Å². The molecule has 0 radical (unpaired) electrons. The molecule has 17 heavy (non-hydrogen) atoms. The second-order valence-corrected chi connectivity index (χ2v) is 4.87. The number of pyridine rings is 1. The number of anilines is 1. The van der Waals surface area contributed by atoms with E-state index in [9.17, 15) is 0 Å². The van der Waals surface area contributed by atoms with E-state index >= 15 is 0 Å². The fourth-order valence-electron chi connectivity index (χ4n) is 2.28. The van der Waals surface area contributed by atoms with Gasteiger partial charge in [0.1, 0.15) is 0 Å². The summed E-state index contributed by atoms with van der Waals surface area (Å²) in [4.78, 5) is 4.63. The van der Waals surface area contributed by atoms with Crippen LogP contribution in [0.1, 0.15) is 43.5 Å². The Morgan fingerprint density at radius 3 is 2.59 bits per heavy atom. The largest absolute Gasteiger partial charge is 0.398 e. The predicted molar refractivity (Wildman–Crippen MR) is 74.4 cm³/mol. The summed E-state index contributed by atoms with van der Waals surface area (Å²) in [5.41, 5.74) is 11.7. The summed E-state index contributed by atoms with van der Waals surface area (Å²) in [5, 5.41) is 1.10. The molecule has 1 aromatic heterocycles. The lowest BCUT2D eigenvalue weighted by Gasteiger charge is -2.13. The maximum atomic E-state index is 6.26. The lowest BCUT2D eigenvalue weighted by Crippen LogP contribution is -2.01. The van der Waals surface area contributed by atoms with Gasteiger partial charge in [-0.25, -0.2) is 0 Å². The van der Waals surface area contributed by atoms with E-state index in [0.717, 1.165) is 28.7 Å². The summed E-state index contributed by atoms with van der Waals surface area (Å²) in [6, 6.07) is 6.40. The van der Waals surface area contributed by atoms with Gasteiger partial charge < -0.3 is 5.73 Å². The van der Waals surface area contributed by atoms with Crippen molar-refractivity contribution < 1.29 is 0 Å². The first-order valence-electron chi connectivity index (χ1n) is 6.23. The summed E-state index contributed by atoms with van der Waals surface area (Å²) < 4.78 is 0. The van der Waals surface area contributed by atoms with Gasteiger partial charge in [0.25, 0.3) is 0 Å². The molecule has 0 amide bonds. The van der Waals surface area contributed by atoms with Crippen LogP contribution in [0.15, 0.2) is 18.2 Å². The number of hydrogen-bond donors (Lipinski definition) is 1. The third-order valence-electron chi connectivity index (χ3n) is 3.38. The van der Waals surface area contributed by atoms with Gasteiger partial charge in [0.2, 0.25) is 0 Å². The second-order valence-electron chi connectivity index (χ2n) is 4.87. The smallest absolute Gasteiger partial charge is 0.0726 e. The van der Waals surface area contributed by atoms with Crippen LogP contribution >= 0.6 is 0 Å². The quantitative estimate of drug-likeness (QED) is 0.848. The summed E-state index contributed by atoms with van der Waals surface area (Å²) in [6.45, 7) is 8.54. The molecule has 0 aliphatic rings. The van der Waals surface area contributed by atoms with Crippen molar-refractivity contribution in [3.8, 4) is 0 Å². The van der Waals surface area contributed by atoms with E-state index < -0.39 is 0 Å². The van der Waals surface area contributed by atoms with E-state index in [-0.39, 0.29) is 0 Å². The van der Waals surface area contributed by atoms with Gasteiger partial charge in [0.15, 0.2) is 0 Å². The topological polar surface area (TPSA) is 38.9 Å². The number of nitrogens with zero attached hydrogens (tertiary/aromatic N) is 1. The molecule has 0 saturated heterocycles. The highest BCUT2D eigenvalue weighted by molar-refractivity contribution is 5.92. The molecule has 0 unspecified atom stereocenters. The maximum absolute atomic E-state index is 6.26. The van der Waals surface area contributed by atoms with Crippen LogP contribution in [0.25, 0.3) is 10.9 Å². The number of aromatic nitrogens is 1. The molecule has 2 aromatic rings. The Bertz CT molecular complexity index is 556. The fourth-order valence-corrected chi connectivity index (χ4v) is 2.28. The molecule has 2 N–H and O–H groups in total. The standard InChI is InChI=1S/C15H20N2/c1-5-12-10(4)17-14-7-6-11(9(2)3)8-13(14)15(12)16/h6-9H,5H2,1-4H3,(H2,16,17). The molecule has 1 heterocycles. The number of benzene rings is 1. The predicted octanol–water partition coefficient (Wildman–Crippen LogP) is 3.81. The first kappa shape index (κ1) is 11.9. The minimum absolute atomic E-state index is 0.519. The Morgan fingerprint density at radius 2 is 2.00 bits per heavy atom. The maximum Gasteiger partial charge on any atom is 0.0726 e. The van der Waals surface area contributed by atoms with Gasteiger partial charge in [-0.05, 0) is 42.5 Å². The molecule has 0 aliphatic carbocycles. The SMILES string of the molecule is CCc1c(C)nc2ccc(C(C)C)cc2c1N. The van der Waals surface area contributed by atoms with E-state index in [1.807, 2.05) is 6.92 Å². The molecule has 0 atom stereocenters. The zero-order chi connectivity index (χ0) is 12.6. The second kappa shape index (κ2) is 4.36. The fraction of sp³-hybridized carbons (Fsp3) is 0.400. The Morgan fingerprint density at radius 1 is 1.29 bits per heavy atom. The Labute approximate surface area is 103 Å². The van der Waals surface area contributed by atoms with Crippen LogP contribution < -0.4 is 5.73 Å². The molecular formula is C15H20N2. The van der Waals surface area contributed by atoms with Crippen molar-refractivity contribution in [2.45, 2.75) is 40.0 Å². The van der Waals surface area contributed by atoms with Gasteiger partial charge in [0.05, 0.1) is 5.52 Å². The minimum Gasteiger partial charge on any atom is -0.398 e. The van der Waals surface area contributed by atoms with Crippen molar-refractivity contribution >= 4 is 16.6 Å². The zero-order valence-electron chi connectivity index (χ0n) is 11.0. The molecule has 0 spiro atoms. The van der Waals surface area contributed by atoms with Crippen LogP contribution in [-0.4, -0.2) is 4.98 Å². The lowest BCUT2D eigenvalue weighted by molar-refractivity contribution is 0.868. The van der Waals surface area contributed by atoms with Crippen LogP contribution in [0, 0.1) is 6.92 Å². The average molecular weight is 228 g/mol. The molecule has 2 nitrogen and oxygen atoms in total. The molecular weight excluding hydrogens is 208 g/mol. The first-order chi connectivity index (χ1) is 8.04. The Hall–Kier alpha value is -1.57. The number of hydrogen-bond acceptors (Lipinski definition) is 2. The van der Waals surface area contributed by atoms with Gasteiger partial charge in [-0.1, -0.05) is 26.8 Å². The van der Waals surface area contributed by atoms with Crippen molar-refractivity contribution in [3.05, 3.63) is 35.0 Å². The molecule has 0 saturated carbocycles. The normalized spacial score (nSPS) is 11.4. The number of fused-ring (bicyclic) bond motifs is 1. The van der Waals surface area contributed by atoms with Crippen molar-refractivity contribution in [3.63, 3.8) is 0 Å². The number of nitrogen functional groups attached to an aromatic ring is 1. The highest BCUT2D eigenvalue weighted by Crippen LogP contribution is 2.28. The average Bonchev–Trinajstić information content (AvgIpc) is 2.29. The summed E-state index contributed by atoms with van der Waals surface area (Å²) >= 11 is 0. The van der Waals surface area contributed by atoms with Crippen LogP contribution in [-0.2, 0) is 6.42 Å². The van der Waals surface area contributed by atoms with E-state index in [1.165, 1.54) is 11.1 Å². The molecule has 0 bridgehead atoms. The van der Waals surface area contributed by atoms with Crippen molar-refractivity contribution in [2.24, 2.45) is 0 Å². The van der Waals surface area contributed by atoms with Crippen molar-refractivity contribution in [2.75, 3.05) is 5.73 Å². The van der Waals surface area contributed by atoms with Gasteiger partial charge in [-0.2, -0.15) is 0 Å².